The molecule has 0 unspecified atom stereocenters. The Labute approximate surface area is 180 Å². The molecule has 1 saturated heterocycles. The number of aromatic nitrogens is 1. The fraction of sp³-hybridized carbons (Fsp3) is 0.500. The molecule has 0 bridgehead atoms. The van der Waals surface area contributed by atoms with Crippen molar-refractivity contribution in [1.29, 1.82) is 0 Å². The van der Waals surface area contributed by atoms with Gasteiger partial charge >= 0.3 is 0 Å². The molecular formula is C22H27NO4S2. The molecule has 0 amide bonds. The summed E-state index contributed by atoms with van der Waals surface area (Å²) >= 11 is 3.13. The molecule has 1 aliphatic heterocycles. The lowest BCUT2D eigenvalue weighted by molar-refractivity contribution is -0.0946. The fourth-order valence-corrected chi connectivity index (χ4v) is 5.31. The average molecular weight is 434 g/mol. The van der Waals surface area contributed by atoms with Gasteiger partial charge in [0.2, 0.25) is 0 Å². The van der Waals surface area contributed by atoms with E-state index in [2.05, 4.69) is 16.4 Å². The van der Waals surface area contributed by atoms with Crippen LogP contribution in [-0.2, 0) is 15.1 Å². The highest BCUT2D eigenvalue weighted by molar-refractivity contribution is 8.01. The van der Waals surface area contributed by atoms with Crippen molar-refractivity contribution in [3.63, 3.8) is 0 Å². The molecule has 3 rings (SSSR count). The van der Waals surface area contributed by atoms with Gasteiger partial charge in [-0.05, 0) is 36.1 Å². The molecule has 7 heteroatoms. The van der Waals surface area contributed by atoms with Crippen molar-refractivity contribution in [2.45, 2.75) is 55.4 Å². The maximum absolute atomic E-state index is 12.8. The molecule has 0 atom stereocenters. The Kier molecular flexibility index (Phi) is 6.63. The Morgan fingerprint density at radius 3 is 2.52 bits per heavy atom. The summed E-state index contributed by atoms with van der Waals surface area (Å²) in [7, 11) is 1.75. The number of thiophene rings is 1. The second-order valence-corrected chi connectivity index (χ2v) is 10.5. The Bertz CT molecular complexity index is 908. The summed E-state index contributed by atoms with van der Waals surface area (Å²) in [4.78, 5) is 29.4. The predicted molar refractivity (Wildman–Crippen MR) is 115 cm³/mol. The Morgan fingerprint density at radius 1 is 1.24 bits per heavy atom. The highest BCUT2D eigenvalue weighted by atomic mass is 32.2. The van der Waals surface area contributed by atoms with Crippen molar-refractivity contribution in [3.8, 4) is 0 Å². The SMILES string of the molecule is COC1(c2csc(Sc3ccc(C(C)=O)c(C(=O)C(C)(C)C)n3)c2)CCOCC1. The van der Waals surface area contributed by atoms with Gasteiger partial charge < -0.3 is 9.47 Å². The van der Waals surface area contributed by atoms with Crippen LogP contribution in [0.3, 0.4) is 0 Å². The molecule has 0 saturated carbocycles. The molecule has 0 N–H and O–H groups in total. The van der Waals surface area contributed by atoms with Gasteiger partial charge in [-0.3, -0.25) is 9.59 Å². The third-order valence-corrected chi connectivity index (χ3v) is 7.16. The minimum absolute atomic E-state index is 0.127. The van der Waals surface area contributed by atoms with Gasteiger partial charge in [0.05, 0.1) is 9.81 Å². The third-order valence-electron chi connectivity index (χ3n) is 5.14. The van der Waals surface area contributed by atoms with Crippen molar-refractivity contribution < 1.29 is 19.1 Å². The van der Waals surface area contributed by atoms with E-state index in [1.54, 1.807) is 30.6 Å². The number of hydrogen-bond acceptors (Lipinski definition) is 7. The van der Waals surface area contributed by atoms with E-state index < -0.39 is 5.41 Å². The van der Waals surface area contributed by atoms with Crippen molar-refractivity contribution in [2.75, 3.05) is 20.3 Å². The average Bonchev–Trinajstić information content (AvgIpc) is 3.16. The summed E-state index contributed by atoms with van der Waals surface area (Å²) < 4.78 is 12.4. The molecular weight excluding hydrogens is 406 g/mol. The van der Waals surface area contributed by atoms with Crippen molar-refractivity contribution in [3.05, 3.63) is 40.4 Å². The zero-order chi connectivity index (χ0) is 21.2. The molecule has 5 nitrogen and oxygen atoms in total. The van der Waals surface area contributed by atoms with Gasteiger partial charge in [0.15, 0.2) is 11.6 Å². The number of nitrogens with zero attached hydrogens (tertiary/aromatic N) is 1. The summed E-state index contributed by atoms with van der Waals surface area (Å²) in [6, 6.07) is 5.65. The lowest BCUT2D eigenvalue weighted by Gasteiger charge is -2.35. The lowest BCUT2D eigenvalue weighted by Crippen LogP contribution is -2.35. The van der Waals surface area contributed by atoms with Crippen LogP contribution < -0.4 is 0 Å². The summed E-state index contributed by atoms with van der Waals surface area (Å²) in [6.07, 6.45) is 1.67. The van der Waals surface area contributed by atoms with Crippen molar-refractivity contribution >= 4 is 34.7 Å². The van der Waals surface area contributed by atoms with Gasteiger partial charge in [-0.1, -0.05) is 32.5 Å². The second kappa shape index (κ2) is 8.68. The van der Waals surface area contributed by atoms with Crippen LogP contribution in [0.2, 0.25) is 0 Å². The number of ether oxygens (including phenoxy) is 2. The summed E-state index contributed by atoms with van der Waals surface area (Å²) in [5, 5.41) is 2.83. The zero-order valence-electron chi connectivity index (χ0n) is 17.5. The highest BCUT2D eigenvalue weighted by Crippen LogP contribution is 2.41. The first kappa shape index (κ1) is 22.2. The summed E-state index contributed by atoms with van der Waals surface area (Å²) in [5.74, 6) is -0.279. The number of methoxy groups -OCH3 is 1. The molecule has 1 aliphatic rings. The smallest absolute Gasteiger partial charge is 0.187 e. The topological polar surface area (TPSA) is 65.5 Å². The van der Waals surface area contributed by atoms with E-state index in [0.29, 0.717) is 23.8 Å². The van der Waals surface area contributed by atoms with Gasteiger partial charge in [-0.15, -0.1) is 11.3 Å². The van der Waals surface area contributed by atoms with E-state index in [0.717, 1.165) is 22.6 Å². The van der Waals surface area contributed by atoms with Crippen molar-refractivity contribution in [1.82, 2.24) is 4.98 Å². The van der Waals surface area contributed by atoms with Crippen LogP contribution in [0.1, 0.15) is 66.9 Å². The molecule has 29 heavy (non-hydrogen) atoms. The number of Topliss-reactive ketones (excluding diaryl/α,β-unsaturated/α-hetero) is 2. The Morgan fingerprint density at radius 2 is 1.93 bits per heavy atom. The number of hydrogen-bond donors (Lipinski definition) is 0. The van der Waals surface area contributed by atoms with Gasteiger partial charge in [-0.25, -0.2) is 4.98 Å². The van der Waals surface area contributed by atoms with Crippen LogP contribution in [0.25, 0.3) is 0 Å². The van der Waals surface area contributed by atoms with E-state index in [-0.39, 0.29) is 22.9 Å². The molecule has 156 valence electrons. The molecule has 2 aromatic heterocycles. The molecule has 0 aliphatic carbocycles. The van der Waals surface area contributed by atoms with Crippen LogP contribution in [0.5, 0.6) is 0 Å². The van der Waals surface area contributed by atoms with E-state index in [1.807, 2.05) is 20.8 Å². The first-order valence-electron chi connectivity index (χ1n) is 9.63. The van der Waals surface area contributed by atoms with Crippen LogP contribution in [0.4, 0.5) is 0 Å². The molecule has 0 aromatic carbocycles. The number of carbonyl (C=O) groups is 2. The summed E-state index contributed by atoms with van der Waals surface area (Å²) in [5.41, 5.74) is 0.880. The molecule has 1 fully saturated rings. The van der Waals surface area contributed by atoms with Crippen molar-refractivity contribution in [2.24, 2.45) is 5.41 Å². The minimum atomic E-state index is -0.607. The van der Waals surface area contributed by atoms with E-state index in [9.17, 15) is 9.59 Å². The van der Waals surface area contributed by atoms with E-state index in [1.165, 1.54) is 18.7 Å². The van der Waals surface area contributed by atoms with Crippen LogP contribution in [0.15, 0.2) is 32.8 Å². The van der Waals surface area contributed by atoms with Crippen LogP contribution in [-0.4, -0.2) is 36.9 Å². The standard InChI is InChI=1S/C22H27NO4S2/c1-14(24)16-6-7-17(23-19(16)20(25)21(2,3)4)29-18-12-15(13-28-18)22(26-5)8-10-27-11-9-22/h6-7,12-13H,8-11H2,1-5H3. The van der Waals surface area contributed by atoms with E-state index in [4.69, 9.17) is 9.47 Å². The van der Waals surface area contributed by atoms with Crippen LogP contribution >= 0.6 is 23.1 Å². The van der Waals surface area contributed by atoms with E-state index >= 15 is 0 Å². The highest BCUT2D eigenvalue weighted by Gasteiger charge is 2.35. The number of carbonyl (C=O) groups excluding carboxylic acids is 2. The molecule has 0 radical (unpaired) electrons. The number of pyridine rings is 1. The largest absolute Gasteiger partial charge is 0.381 e. The predicted octanol–water partition coefficient (Wildman–Crippen LogP) is 5.38. The first-order valence-corrected chi connectivity index (χ1v) is 11.3. The normalized spacial score (nSPS) is 16.6. The van der Waals surface area contributed by atoms with Crippen LogP contribution in [0, 0.1) is 5.41 Å². The number of rotatable bonds is 6. The molecule has 2 aromatic rings. The van der Waals surface area contributed by atoms with Gasteiger partial charge in [-0.2, -0.15) is 0 Å². The maximum atomic E-state index is 12.8. The number of ketones is 2. The maximum Gasteiger partial charge on any atom is 0.187 e. The van der Waals surface area contributed by atoms with Gasteiger partial charge in [0, 0.05) is 44.1 Å². The Hall–Kier alpha value is -1.54. The quantitative estimate of drug-likeness (QED) is 0.570. The fourth-order valence-electron chi connectivity index (χ4n) is 3.33. The molecule has 0 spiro atoms. The molecule has 3 heterocycles. The minimum Gasteiger partial charge on any atom is -0.381 e. The Balaban J connectivity index is 1.88. The second-order valence-electron chi connectivity index (χ2n) is 8.25. The lowest BCUT2D eigenvalue weighted by atomic mass is 9.87. The zero-order valence-corrected chi connectivity index (χ0v) is 19.2. The first-order chi connectivity index (χ1) is 13.7. The van der Waals surface area contributed by atoms with Gasteiger partial charge in [0.1, 0.15) is 10.7 Å². The summed E-state index contributed by atoms with van der Waals surface area (Å²) in [6.45, 7) is 8.36. The van der Waals surface area contributed by atoms with Gasteiger partial charge in [0.25, 0.3) is 0 Å². The third kappa shape index (κ3) is 4.79. The monoisotopic (exact) mass is 433 g/mol.